The monoisotopic (exact) mass is 642 g/mol. The first-order valence-electron chi connectivity index (χ1n) is 15.0. The summed E-state index contributed by atoms with van der Waals surface area (Å²) in [6.45, 7) is 5.05. The summed E-state index contributed by atoms with van der Waals surface area (Å²) in [5.74, 6) is -1.01. The van der Waals surface area contributed by atoms with Gasteiger partial charge in [-0.25, -0.2) is 8.42 Å². The van der Waals surface area contributed by atoms with Crippen molar-refractivity contribution >= 4 is 33.2 Å². The molecule has 4 rings (SSSR count). The molecular weight excluding hydrogens is 604 g/mol. The highest BCUT2D eigenvalue weighted by Gasteiger charge is 2.35. The zero-order chi connectivity index (χ0) is 33.3. The number of non-ortho nitro benzene ring substituents is 1. The van der Waals surface area contributed by atoms with Crippen molar-refractivity contribution < 1.29 is 22.9 Å². The zero-order valence-electron chi connectivity index (χ0n) is 26.1. The molecule has 0 bridgehead atoms. The summed E-state index contributed by atoms with van der Waals surface area (Å²) in [5, 5.41) is 14.6. The number of hydrogen-bond donors (Lipinski definition) is 1. The van der Waals surface area contributed by atoms with E-state index in [-0.39, 0.29) is 41.2 Å². The van der Waals surface area contributed by atoms with Gasteiger partial charge in [0, 0.05) is 31.1 Å². The number of carbonyl (C=O) groups is 2. The molecule has 4 aromatic rings. The predicted octanol–water partition coefficient (Wildman–Crippen LogP) is 5.65. The highest BCUT2D eigenvalue weighted by molar-refractivity contribution is 7.92. The topological polar surface area (TPSA) is 130 Å². The van der Waals surface area contributed by atoms with Crippen LogP contribution in [0.25, 0.3) is 0 Å². The molecular formula is C35H38N4O6S. The molecule has 240 valence electrons. The Balaban J connectivity index is 1.84. The van der Waals surface area contributed by atoms with E-state index in [4.69, 9.17) is 0 Å². The van der Waals surface area contributed by atoms with E-state index in [1.807, 2.05) is 75.4 Å². The number of aryl methyl sites for hydroxylation is 1. The van der Waals surface area contributed by atoms with Crippen molar-refractivity contribution in [3.8, 4) is 0 Å². The summed E-state index contributed by atoms with van der Waals surface area (Å²) in [4.78, 5) is 40.8. The average molecular weight is 643 g/mol. The fourth-order valence-electron chi connectivity index (χ4n) is 4.98. The molecule has 0 aliphatic heterocycles. The van der Waals surface area contributed by atoms with Gasteiger partial charge in [-0.2, -0.15) is 0 Å². The molecule has 11 heteroatoms. The minimum Gasteiger partial charge on any atom is -0.352 e. The molecule has 2 atom stereocenters. The highest BCUT2D eigenvalue weighted by atomic mass is 32.2. The van der Waals surface area contributed by atoms with Gasteiger partial charge in [0.05, 0.1) is 15.5 Å². The number of nitrogens with zero attached hydrogens (tertiary/aromatic N) is 3. The number of anilines is 1. The lowest BCUT2D eigenvalue weighted by molar-refractivity contribution is -0.384. The molecule has 0 saturated heterocycles. The summed E-state index contributed by atoms with van der Waals surface area (Å²) in [7, 11) is -4.37. The van der Waals surface area contributed by atoms with Gasteiger partial charge in [0.2, 0.25) is 11.8 Å². The van der Waals surface area contributed by atoms with Crippen molar-refractivity contribution in [1.29, 1.82) is 0 Å². The van der Waals surface area contributed by atoms with E-state index in [1.165, 1.54) is 35.2 Å². The molecule has 0 aromatic heterocycles. The number of nitro groups is 1. The van der Waals surface area contributed by atoms with E-state index in [0.717, 1.165) is 27.1 Å². The molecule has 0 aliphatic rings. The minimum atomic E-state index is -4.37. The summed E-state index contributed by atoms with van der Waals surface area (Å²) in [5.41, 5.74) is 2.13. The quantitative estimate of drug-likeness (QED) is 0.140. The van der Waals surface area contributed by atoms with E-state index in [1.54, 1.807) is 18.2 Å². The smallest absolute Gasteiger partial charge is 0.271 e. The van der Waals surface area contributed by atoms with Gasteiger partial charge >= 0.3 is 0 Å². The third-order valence-electron chi connectivity index (χ3n) is 7.81. The van der Waals surface area contributed by atoms with Crippen LogP contribution < -0.4 is 9.62 Å². The number of hydrogen-bond acceptors (Lipinski definition) is 6. The molecule has 46 heavy (non-hydrogen) atoms. The van der Waals surface area contributed by atoms with E-state index in [9.17, 15) is 28.1 Å². The van der Waals surface area contributed by atoms with Crippen LogP contribution in [0.1, 0.15) is 37.0 Å². The first kappa shape index (κ1) is 33.9. The first-order chi connectivity index (χ1) is 22.0. The summed E-state index contributed by atoms with van der Waals surface area (Å²) < 4.78 is 29.0. The molecule has 0 saturated carbocycles. The van der Waals surface area contributed by atoms with Gasteiger partial charge < -0.3 is 10.2 Å². The number of sulfonamides is 1. The largest absolute Gasteiger partial charge is 0.352 e. The molecule has 0 unspecified atom stereocenters. The van der Waals surface area contributed by atoms with E-state index >= 15 is 0 Å². The van der Waals surface area contributed by atoms with Crippen LogP contribution in [0.3, 0.4) is 0 Å². The molecule has 0 radical (unpaired) electrons. The average Bonchev–Trinajstić information content (AvgIpc) is 3.06. The van der Waals surface area contributed by atoms with Crippen LogP contribution in [0.15, 0.2) is 114 Å². The second-order valence-electron chi connectivity index (χ2n) is 11.1. The number of benzene rings is 4. The number of amides is 2. The second kappa shape index (κ2) is 15.3. The van der Waals surface area contributed by atoms with Crippen LogP contribution in [-0.4, -0.2) is 48.7 Å². The second-order valence-corrected chi connectivity index (χ2v) is 12.9. The lowest BCUT2D eigenvalue weighted by atomic mass is 10.0. The third kappa shape index (κ3) is 8.36. The first-order valence-corrected chi connectivity index (χ1v) is 16.5. The molecule has 0 spiro atoms. The molecule has 1 N–H and O–H groups in total. The summed E-state index contributed by atoms with van der Waals surface area (Å²) >= 11 is 0. The Morgan fingerprint density at radius 3 is 2.15 bits per heavy atom. The number of carbonyl (C=O) groups excluding carboxylic acids is 2. The highest BCUT2D eigenvalue weighted by Crippen LogP contribution is 2.28. The van der Waals surface area contributed by atoms with Crippen molar-refractivity contribution in [3.05, 3.63) is 136 Å². The fraction of sp³-hybridized carbons (Fsp3) is 0.257. The van der Waals surface area contributed by atoms with Crippen molar-refractivity contribution in [1.82, 2.24) is 10.2 Å². The Morgan fingerprint density at radius 1 is 0.891 bits per heavy atom. The van der Waals surface area contributed by atoms with Gasteiger partial charge in [-0.05, 0) is 55.2 Å². The van der Waals surface area contributed by atoms with Gasteiger partial charge in [0.25, 0.3) is 15.7 Å². The van der Waals surface area contributed by atoms with Gasteiger partial charge in [-0.15, -0.1) is 0 Å². The lowest BCUT2D eigenvalue weighted by Crippen LogP contribution is -2.54. The molecule has 4 aromatic carbocycles. The number of nitrogens with one attached hydrogen (secondary N) is 1. The van der Waals surface area contributed by atoms with E-state index < -0.39 is 33.4 Å². The Hall–Kier alpha value is -5.03. The number of nitro benzene ring substituents is 1. The van der Waals surface area contributed by atoms with E-state index in [2.05, 4.69) is 5.32 Å². The Kier molecular flexibility index (Phi) is 11.3. The maximum atomic E-state index is 14.5. The molecule has 0 heterocycles. The molecule has 2 amide bonds. The third-order valence-corrected chi connectivity index (χ3v) is 9.60. The normalized spacial score (nSPS) is 12.5. The lowest BCUT2D eigenvalue weighted by Gasteiger charge is -2.34. The molecule has 0 fully saturated rings. The Morgan fingerprint density at radius 2 is 1.52 bits per heavy atom. The Labute approximate surface area is 269 Å². The van der Waals surface area contributed by atoms with Crippen LogP contribution in [0.5, 0.6) is 0 Å². The van der Waals surface area contributed by atoms with Crippen molar-refractivity contribution in [2.24, 2.45) is 0 Å². The van der Waals surface area contributed by atoms with Crippen molar-refractivity contribution in [2.45, 2.75) is 57.1 Å². The number of rotatable bonds is 14. The van der Waals surface area contributed by atoms with Gasteiger partial charge in [0.1, 0.15) is 12.6 Å². The predicted molar refractivity (Wildman–Crippen MR) is 178 cm³/mol. The summed E-state index contributed by atoms with van der Waals surface area (Å²) in [6, 6.07) is 28.3. The van der Waals surface area contributed by atoms with Crippen molar-refractivity contribution in [2.75, 3.05) is 10.8 Å². The maximum absolute atomic E-state index is 14.5. The van der Waals surface area contributed by atoms with Crippen LogP contribution in [-0.2, 0) is 32.6 Å². The molecule has 10 nitrogen and oxygen atoms in total. The molecule has 0 aliphatic carbocycles. The van der Waals surface area contributed by atoms with Gasteiger partial charge in [0.15, 0.2) is 0 Å². The zero-order valence-corrected chi connectivity index (χ0v) is 26.9. The fourth-order valence-corrected chi connectivity index (χ4v) is 6.40. The SMILES string of the molecule is CC[C@@H](C)NC(=O)[C@@H](Cc1ccccc1)N(Cc1ccccc1C)C(=O)CN(c1cccc([N+](=O)[O-])c1)S(=O)(=O)c1ccccc1. The van der Waals surface area contributed by atoms with E-state index in [0.29, 0.717) is 6.42 Å². The van der Waals surface area contributed by atoms with Crippen molar-refractivity contribution in [3.63, 3.8) is 0 Å². The van der Waals surface area contributed by atoms with Crippen LogP contribution in [0.2, 0.25) is 0 Å². The Bertz CT molecular complexity index is 1770. The summed E-state index contributed by atoms with van der Waals surface area (Å²) in [6.07, 6.45) is 0.856. The van der Waals surface area contributed by atoms with Gasteiger partial charge in [-0.1, -0.05) is 85.8 Å². The van der Waals surface area contributed by atoms with Gasteiger partial charge in [-0.3, -0.25) is 24.0 Å². The van der Waals surface area contributed by atoms with Crippen LogP contribution >= 0.6 is 0 Å². The van der Waals surface area contributed by atoms with Crippen LogP contribution in [0.4, 0.5) is 11.4 Å². The standard InChI is InChI=1S/C35H38N4O6S/c1-4-27(3)36-35(41)33(22-28-15-7-5-8-16-28)37(24-29-17-12-11-14-26(29)2)34(40)25-38(30-18-13-19-31(23-30)39(42)43)46(44,45)32-20-9-6-10-21-32/h5-21,23,27,33H,4,22,24-25H2,1-3H3,(H,36,41)/t27-,33-/m1/s1. The minimum absolute atomic E-state index is 0.0328. The van der Waals surface area contributed by atoms with Crippen LogP contribution in [0, 0.1) is 17.0 Å². The maximum Gasteiger partial charge on any atom is 0.271 e.